The minimum Gasteiger partial charge on any atom is -0.486 e. The van der Waals surface area contributed by atoms with Gasteiger partial charge in [0.15, 0.2) is 11.6 Å². The lowest BCUT2D eigenvalue weighted by Crippen LogP contribution is -2.45. The highest BCUT2D eigenvalue weighted by atomic mass is 79.9. The molecule has 7 nitrogen and oxygen atoms in total. The van der Waals surface area contributed by atoms with Gasteiger partial charge >= 0.3 is 0 Å². The van der Waals surface area contributed by atoms with E-state index in [1.54, 1.807) is 19.2 Å². The fourth-order valence-corrected chi connectivity index (χ4v) is 3.75. The number of amides is 1. The lowest BCUT2D eigenvalue weighted by molar-refractivity contribution is 0.0885. The van der Waals surface area contributed by atoms with Gasteiger partial charge in [-0.15, -0.1) is 0 Å². The van der Waals surface area contributed by atoms with Gasteiger partial charge in [-0.25, -0.2) is 4.98 Å². The number of pyridine rings is 1. The van der Waals surface area contributed by atoms with E-state index < -0.39 is 5.54 Å². The van der Waals surface area contributed by atoms with Crippen LogP contribution in [0.15, 0.2) is 51.6 Å². The second kappa shape index (κ2) is 8.55. The molecule has 1 amide bonds. The van der Waals surface area contributed by atoms with E-state index in [9.17, 15) is 4.79 Å². The molecule has 1 aliphatic carbocycles. The first-order valence-corrected chi connectivity index (χ1v) is 10.7. The fourth-order valence-electron chi connectivity index (χ4n) is 3.32. The van der Waals surface area contributed by atoms with Crippen molar-refractivity contribution >= 4 is 21.8 Å². The number of rotatable bonds is 8. The first-order chi connectivity index (χ1) is 14.4. The van der Waals surface area contributed by atoms with Gasteiger partial charge < -0.3 is 14.6 Å². The number of nitrogens with zero attached hydrogens (tertiary/aromatic N) is 3. The Bertz CT molecular complexity index is 1040. The van der Waals surface area contributed by atoms with E-state index in [0.717, 1.165) is 24.8 Å². The van der Waals surface area contributed by atoms with Crippen LogP contribution in [0.5, 0.6) is 5.75 Å². The third-order valence-corrected chi connectivity index (χ3v) is 5.71. The second-order valence-corrected chi connectivity index (χ2v) is 8.70. The van der Waals surface area contributed by atoms with E-state index in [-0.39, 0.29) is 11.6 Å². The molecule has 1 saturated carbocycles. The zero-order valence-electron chi connectivity index (χ0n) is 16.9. The van der Waals surface area contributed by atoms with Gasteiger partial charge in [0.05, 0.1) is 10.7 Å². The molecule has 3 aromatic rings. The van der Waals surface area contributed by atoms with Gasteiger partial charge in [0, 0.05) is 6.92 Å². The van der Waals surface area contributed by atoms with E-state index in [0.29, 0.717) is 34.5 Å². The molecule has 0 radical (unpaired) electrons. The number of hydrogen-bond acceptors (Lipinski definition) is 6. The number of halogens is 1. The molecule has 8 heteroatoms. The Hall–Kier alpha value is -2.74. The van der Waals surface area contributed by atoms with Crippen molar-refractivity contribution in [2.45, 2.75) is 45.3 Å². The average molecular weight is 471 g/mol. The summed E-state index contributed by atoms with van der Waals surface area (Å²) in [6.45, 7) is 4.09. The van der Waals surface area contributed by atoms with Gasteiger partial charge in [-0.05, 0) is 46.8 Å². The Labute approximate surface area is 183 Å². The monoisotopic (exact) mass is 470 g/mol. The van der Waals surface area contributed by atoms with Crippen LogP contribution in [0.2, 0.25) is 0 Å². The van der Waals surface area contributed by atoms with Crippen LogP contribution in [0.25, 0.3) is 0 Å². The topological polar surface area (TPSA) is 90.1 Å². The van der Waals surface area contributed by atoms with Gasteiger partial charge in [0.25, 0.3) is 5.91 Å². The summed E-state index contributed by atoms with van der Waals surface area (Å²) in [6, 6.07) is 11.5. The summed E-state index contributed by atoms with van der Waals surface area (Å²) in [5, 5.41) is 7.12. The molecular weight excluding hydrogens is 448 g/mol. The molecule has 0 saturated heterocycles. The van der Waals surface area contributed by atoms with Crippen LogP contribution >= 0.6 is 15.9 Å². The molecule has 0 aliphatic heterocycles. The summed E-state index contributed by atoms with van der Waals surface area (Å²) in [6.07, 6.45) is 4.62. The first kappa shape index (κ1) is 20.5. The summed E-state index contributed by atoms with van der Waals surface area (Å²) in [4.78, 5) is 21.6. The minimum atomic E-state index is -0.716. The van der Waals surface area contributed by atoms with E-state index in [4.69, 9.17) is 9.26 Å². The van der Waals surface area contributed by atoms with Crippen LogP contribution in [0.4, 0.5) is 0 Å². The standard InChI is InChI=1S/C22H23BrN4O3/c1-14-25-21(27-30-14)22(2,11-15-8-9-15)26-20(28)18-10-17(23)19(12-24-18)29-13-16-6-4-3-5-7-16/h3-7,10,12,15H,8-9,11,13H2,1-2H3,(H,26,28). The van der Waals surface area contributed by atoms with Crippen LogP contribution in [-0.4, -0.2) is 21.0 Å². The van der Waals surface area contributed by atoms with Crippen molar-refractivity contribution in [2.75, 3.05) is 0 Å². The molecule has 0 spiro atoms. The maximum Gasteiger partial charge on any atom is 0.270 e. The molecule has 1 atom stereocenters. The summed E-state index contributed by atoms with van der Waals surface area (Å²) >= 11 is 3.48. The predicted molar refractivity (Wildman–Crippen MR) is 114 cm³/mol. The summed E-state index contributed by atoms with van der Waals surface area (Å²) in [5.74, 6) is 1.80. The molecule has 2 heterocycles. The lowest BCUT2D eigenvalue weighted by Gasteiger charge is -2.27. The van der Waals surface area contributed by atoms with Crippen molar-refractivity contribution < 1.29 is 14.1 Å². The third-order valence-electron chi connectivity index (χ3n) is 5.09. The van der Waals surface area contributed by atoms with Gasteiger partial charge in [-0.3, -0.25) is 4.79 Å². The molecule has 30 heavy (non-hydrogen) atoms. The number of carbonyl (C=O) groups is 1. The van der Waals surface area contributed by atoms with Gasteiger partial charge in [0.1, 0.15) is 17.8 Å². The Morgan fingerprint density at radius 3 is 2.73 bits per heavy atom. The van der Waals surface area contributed by atoms with Crippen molar-refractivity contribution in [3.05, 3.63) is 70.0 Å². The summed E-state index contributed by atoms with van der Waals surface area (Å²) < 4.78 is 11.6. The number of nitrogens with one attached hydrogen (secondary N) is 1. The number of ether oxygens (including phenoxy) is 1. The Kier molecular flexibility index (Phi) is 5.85. The summed E-state index contributed by atoms with van der Waals surface area (Å²) in [5.41, 5.74) is 0.626. The number of aromatic nitrogens is 3. The highest BCUT2D eigenvalue weighted by Gasteiger charge is 2.39. The van der Waals surface area contributed by atoms with E-state index >= 15 is 0 Å². The van der Waals surface area contributed by atoms with Crippen molar-refractivity contribution in [1.29, 1.82) is 0 Å². The number of benzene rings is 1. The van der Waals surface area contributed by atoms with E-state index in [2.05, 4.69) is 36.4 Å². The van der Waals surface area contributed by atoms with Crippen LogP contribution in [0.1, 0.15) is 54.0 Å². The highest BCUT2D eigenvalue weighted by Crippen LogP contribution is 2.40. The molecule has 2 aromatic heterocycles. The van der Waals surface area contributed by atoms with E-state index in [1.807, 2.05) is 37.3 Å². The van der Waals surface area contributed by atoms with Crippen molar-refractivity contribution in [2.24, 2.45) is 5.92 Å². The maximum absolute atomic E-state index is 13.0. The van der Waals surface area contributed by atoms with Crippen LogP contribution < -0.4 is 10.1 Å². The fraction of sp³-hybridized carbons (Fsp3) is 0.364. The molecule has 1 N–H and O–H groups in total. The smallest absolute Gasteiger partial charge is 0.270 e. The Balaban J connectivity index is 1.47. The quantitative estimate of drug-likeness (QED) is 0.518. The molecule has 4 rings (SSSR count). The largest absolute Gasteiger partial charge is 0.486 e. The minimum absolute atomic E-state index is 0.288. The SMILES string of the molecule is Cc1nc(C(C)(CC2CC2)NC(=O)c2cc(Br)c(OCc3ccccc3)cn2)no1. The van der Waals surface area contributed by atoms with Crippen molar-refractivity contribution in [3.63, 3.8) is 0 Å². The normalized spacial score (nSPS) is 15.4. The maximum atomic E-state index is 13.0. The molecule has 0 bridgehead atoms. The molecule has 156 valence electrons. The van der Waals surface area contributed by atoms with Crippen LogP contribution in [0.3, 0.4) is 0 Å². The molecule has 1 unspecified atom stereocenters. The second-order valence-electron chi connectivity index (χ2n) is 7.84. The van der Waals surface area contributed by atoms with Gasteiger partial charge in [0.2, 0.25) is 5.89 Å². The number of hydrogen-bond donors (Lipinski definition) is 1. The predicted octanol–water partition coefficient (Wildman–Crippen LogP) is 4.56. The molecular formula is C22H23BrN4O3. The third kappa shape index (κ3) is 4.87. The van der Waals surface area contributed by atoms with Crippen LogP contribution in [0, 0.1) is 12.8 Å². The Morgan fingerprint density at radius 1 is 1.33 bits per heavy atom. The van der Waals surface area contributed by atoms with Crippen molar-refractivity contribution in [1.82, 2.24) is 20.4 Å². The number of aryl methyl sites for hydroxylation is 1. The average Bonchev–Trinajstić information content (AvgIpc) is 3.43. The Morgan fingerprint density at radius 2 is 2.10 bits per heavy atom. The molecule has 1 aliphatic rings. The van der Waals surface area contributed by atoms with Crippen molar-refractivity contribution in [3.8, 4) is 5.75 Å². The zero-order valence-corrected chi connectivity index (χ0v) is 18.5. The van der Waals surface area contributed by atoms with Gasteiger partial charge in [-0.1, -0.05) is 48.3 Å². The van der Waals surface area contributed by atoms with Gasteiger partial charge in [-0.2, -0.15) is 4.98 Å². The number of carbonyl (C=O) groups excluding carboxylic acids is 1. The first-order valence-electron chi connectivity index (χ1n) is 9.88. The zero-order chi connectivity index (χ0) is 21.1. The molecule has 1 aromatic carbocycles. The lowest BCUT2D eigenvalue weighted by atomic mass is 9.93. The highest BCUT2D eigenvalue weighted by molar-refractivity contribution is 9.10. The van der Waals surface area contributed by atoms with E-state index in [1.165, 1.54) is 0 Å². The van der Waals surface area contributed by atoms with Crippen LogP contribution in [-0.2, 0) is 12.1 Å². The molecule has 1 fully saturated rings. The summed E-state index contributed by atoms with van der Waals surface area (Å²) in [7, 11) is 0.